The molecule has 88 valence electrons. The van der Waals surface area contributed by atoms with Gasteiger partial charge in [-0.25, -0.2) is 4.39 Å². The number of nitrogens with one attached hydrogen (secondary N) is 1. The van der Waals surface area contributed by atoms with Crippen molar-refractivity contribution in [2.45, 2.75) is 0 Å². The molecule has 0 aliphatic rings. The summed E-state index contributed by atoms with van der Waals surface area (Å²) in [4.78, 5) is 0. The second-order valence-corrected chi connectivity index (χ2v) is 3.49. The van der Waals surface area contributed by atoms with Crippen molar-refractivity contribution in [1.29, 1.82) is 0 Å². The number of hydrogen-bond acceptors (Lipinski definition) is 3. The van der Waals surface area contributed by atoms with E-state index in [4.69, 9.17) is 4.74 Å². The van der Waals surface area contributed by atoms with Crippen LogP contribution in [-0.4, -0.2) is 12.2 Å². The van der Waals surface area contributed by atoms with Gasteiger partial charge in [-0.2, -0.15) is 0 Å². The molecule has 4 heteroatoms. The summed E-state index contributed by atoms with van der Waals surface area (Å²) < 4.78 is 18.2. The van der Waals surface area contributed by atoms with Crippen LogP contribution in [-0.2, 0) is 0 Å². The highest BCUT2D eigenvalue weighted by Gasteiger charge is 2.05. The van der Waals surface area contributed by atoms with Crippen LogP contribution in [0.5, 0.6) is 11.5 Å². The van der Waals surface area contributed by atoms with Crippen LogP contribution in [0.2, 0.25) is 0 Å². The molecule has 0 aliphatic carbocycles. The number of phenols is 1. The van der Waals surface area contributed by atoms with E-state index in [0.717, 1.165) is 0 Å². The van der Waals surface area contributed by atoms with Gasteiger partial charge in [0.05, 0.1) is 12.8 Å². The van der Waals surface area contributed by atoms with Crippen LogP contribution in [0.4, 0.5) is 15.8 Å². The van der Waals surface area contributed by atoms with Gasteiger partial charge in [-0.15, -0.1) is 0 Å². The molecule has 3 nitrogen and oxygen atoms in total. The highest BCUT2D eigenvalue weighted by atomic mass is 19.1. The molecule has 0 heterocycles. The normalized spacial score (nSPS) is 10.0. The lowest BCUT2D eigenvalue weighted by Gasteiger charge is -2.09. The van der Waals surface area contributed by atoms with Crippen LogP contribution in [0, 0.1) is 5.82 Å². The van der Waals surface area contributed by atoms with E-state index in [2.05, 4.69) is 5.32 Å². The van der Waals surface area contributed by atoms with Gasteiger partial charge in [0.15, 0.2) is 11.6 Å². The van der Waals surface area contributed by atoms with Crippen LogP contribution in [0.1, 0.15) is 0 Å². The van der Waals surface area contributed by atoms with Gasteiger partial charge in [0.25, 0.3) is 0 Å². The van der Waals surface area contributed by atoms with E-state index in [1.165, 1.54) is 19.2 Å². The van der Waals surface area contributed by atoms with Crippen LogP contribution in [0.15, 0.2) is 42.5 Å². The number of anilines is 2. The fourth-order valence-corrected chi connectivity index (χ4v) is 1.48. The van der Waals surface area contributed by atoms with Gasteiger partial charge >= 0.3 is 0 Å². The molecule has 2 rings (SSSR count). The first-order valence-electron chi connectivity index (χ1n) is 5.09. The zero-order valence-electron chi connectivity index (χ0n) is 9.27. The second kappa shape index (κ2) is 4.74. The predicted molar refractivity (Wildman–Crippen MR) is 64.3 cm³/mol. The number of ether oxygens (including phenoxy) is 1. The molecule has 0 atom stereocenters. The SMILES string of the molecule is COc1ccc(Nc2ccccc2O)cc1F. The number of para-hydroxylation sites is 2. The Morgan fingerprint density at radius 2 is 1.94 bits per heavy atom. The van der Waals surface area contributed by atoms with Crippen molar-refractivity contribution in [2.75, 3.05) is 12.4 Å². The molecular formula is C13H12FNO2. The average molecular weight is 233 g/mol. The molecule has 0 spiro atoms. The van der Waals surface area contributed by atoms with Crippen molar-refractivity contribution in [3.63, 3.8) is 0 Å². The summed E-state index contributed by atoms with van der Waals surface area (Å²) in [7, 11) is 1.41. The van der Waals surface area contributed by atoms with Gasteiger partial charge < -0.3 is 15.2 Å². The third-order valence-corrected chi connectivity index (χ3v) is 2.33. The summed E-state index contributed by atoms with van der Waals surface area (Å²) in [6, 6.07) is 11.3. The quantitative estimate of drug-likeness (QED) is 0.799. The zero-order chi connectivity index (χ0) is 12.3. The molecule has 0 saturated heterocycles. The van der Waals surface area contributed by atoms with Gasteiger partial charge in [-0.1, -0.05) is 12.1 Å². The first kappa shape index (κ1) is 11.3. The Kier molecular flexibility index (Phi) is 3.14. The number of benzene rings is 2. The van der Waals surface area contributed by atoms with E-state index in [-0.39, 0.29) is 11.5 Å². The molecule has 2 aromatic rings. The van der Waals surface area contributed by atoms with Gasteiger partial charge in [-0.05, 0) is 24.3 Å². The van der Waals surface area contributed by atoms with Crippen LogP contribution in [0.3, 0.4) is 0 Å². The van der Waals surface area contributed by atoms with Crippen molar-refractivity contribution in [2.24, 2.45) is 0 Å². The van der Waals surface area contributed by atoms with Crippen molar-refractivity contribution in [3.8, 4) is 11.5 Å². The number of aromatic hydroxyl groups is 1. The average Bonchev–Trinajstić information content (AvgIpc) is 2.32. The molecule has 0 unspecified atom stereocenters. The monoisotopic (exact) mass is 233 g/mol. The topological polar surface area (TPSA) is 41.5 Å². The van der Waals surface area contributed by atoms with Gasteiger partial charge in [0, 0.05) is 11.8 Å². The smallest absolute Gasteiger partial charge is 0.167 e. The molecule has 2 aromatic carbocycles. The van der Waals surface area contributed by atoms with E-state index < -0.39 is 5.82 Å². The summed E-state index contributed by atoms with van der Waals surface area (Å²) in [6.07, 6.45) is 0. The summed E-state index contributed by atoms with van der Waals surface area (Å²) in [5, 5.41) is 12.5. The minimum absolute atomic E-state index is 0.115. The highest BCUT2D eigenvalue weighted by Crippen LogP contribution is 2.28. The Bertz CT molecular complexity index is 529. The molecule has 0 saturated carbocycles. The number of halogens is 1. The maximum Gasteiger partial charge on any atom is 0.167 e. The number of hydrogen-bond donors (Lipinski definition) is 2. The predicted octanol–water partition coefficient (Wildman–Crippen LogP) is 3.28. The summed E-state index contributed by atoms with van der Waals surface area (Å²) >= 11 is 0. The first-order chi connectivity index (χ1) is 8.20. The Balaban J connectivity index is 2.25. The van der Waals surface area contributed by atoms with Gasteiger partial charge in [0.2, 0.25) is 0 Å². The molecule has 0 amide bonds. The number of rotatable bonds is 3. The Hall–Kier alpha value is -2.23. The van der Waals surface area contributed by atoms with Gasteiger partial charge in [0.1, 0.15) is 5.75 Å². The second-order valence-electron chi connectivity index (χ2n) is 3.49. The molecule has 0 aromatic heterocycles. The van der Waals surface area contributed by atoms with E-state index in [0.29, 0.717) is 11.4 Å². The third-order valence-electron chi connectivity index (χ3n) is 2.33. The van der Waals surface area contributed by atoms with Crippen molar-refractivity contribution < 1.29 is 14.2 Å². The lowest BCUT2D eigenvalue weighted by molar-refractivity contribution is 0.386. The van der Waals surface area contributed by atoms with Crippen molar-refractivity contribution in [3.05, 3.63) is 48.3 Å². The van der Waals surface area contributed by atoms with E-state index >= 15 is 0 Å². The molecule has 17 heavy (non-hydrogen) atoms. The Morgan fingerprint density at radius 1 is 1.18 bits per heavy atom. The summed E-state index contributed by atoms with van der Waals surface area (Å²) in [5.74, 6) is -0.149. The fourth-order valence-electron chi connectivity index (χ4n) is 1.48. The van der Waals surface area contributed by atoms with Crippen molar-refractivity contribution in [1.82, 2.24) is 0 Å². The molecule has 0 radical (unpaired) electrons. The highest BCUT2D eigenvalue weighted by molar-refractivity contribution is 5.66. The van der Waals surface area contributed by atoms with Crippen LogP contribution >= 0.6 is 0 Å². The minimum atomic E-state index is -0.451. The molecule has 0 fully saturated rings. The lowest BCUT2D eigenvalue weighted by atomic mass is 10.2. The standard InChI is InChI=1S/C13H12FNO2/c1-17-13-7-6-9(8-10(13)14)15-11-4-2-3-5-12(11)16/h2-8,15-16H,1H3. The summed E-state index contributed by atoms with van der Waals surface area (Å²) in [6.45, 7) is 0. The first-order valence-corrected chi connectivity index (χ1v) is 5.09. The van der Waals surface area contributed by atoms with E-state index in [1.807, 2.05) is 0 Å². The van der Waals surface area contributed by atoms with Crippen LogP contribution in [0.25, 0.3) is 0 Å². The third kappa shape index (κ3) is 2.47. The molecule has 0 aliphatic heterocycles. The maximum absolute atomic E-state index is 13.4. The fraction of sp³-hybridized carbons (Fsp3) is 0.0769. The van der Waals surface area contributed by atoms with E-state index in [1.54, 1.807) is 30.3 Å². The molecule has 2 N–H and O–H groups in total. The van der Waals surface area contributed by atoms with E-state index in [9.17, 15) is 9.50 Å². The van der Waals surface area contributed by atoms with Crippen molar-refractivity contribution >= 4 is 11.4 Å². The Morgan fingerprint density at radius 3 is 2.59 bits per heavy atom. The molecule has 0 bridgehead atoms. The zero-order valence-corrected chi connectivity index (χ0v) is 9.27. The molecular weight excluding hydrogens is 221 g/mol. The minimum Gasteiger partial charge on any atom is -0.506 e. The van der Waals surface area contributed by atoms with Gasteiger partial charge in [-0.3, -0.25) is 0 Å². The van der Waals surface area contributed by atoms with Crippen LogP contribution < -0.4 is 10.1 Å². The lowest BCUT2D eigenvalue weighted by Crippen LogP contribution is -1.93. The number of methoxy groups -OCH3 is 1. The Labute approximate surface area is 98.5 Å². The maximum atomic E-state index is 13.4. The largest absolute Gasteiger partial charge is 0.506 e. The number of phenolic OH excluding ortho intramolecular Hbond substituents is 1. The summed E-state index contributed by atoms with van der Waals surface area (Å²) in [5.41, 5.74) is 1.07.